The number of nitrogens with zero attached hydrogens (tertiary/aromatic N) is 1. The summed E-state index contributed by atoms with van der Waals surface area (Å²) in [6, 6.07) is 10.3. The SMILES string of the molecule is CCOc1cc(/C=C/C(=O)c2ccc(OC)cc2OC)ccc1OCC(=O)N(C)C. The van der Waals surface area contributed by atoms with Gasteiger partial charge in [0.15, 0.2) is 23.9 Å². The van der Waals surface area contributed by atoms with Crippen molar-refractivity contribution in [3.8, 4) is 23.0 Å². The van der Waals surface area contributed by atoms with E-state index in [9.17, 15) is 9.59 Å². The van der Waals surface area contributed by atoms with Gasteiger partial charge >= 0.3 is 0 Å². The third-order valence-electron chi connectivity index (χ3n) is 4.22. The van der Waals surface area contributed by atoms with Crippen LogP contribution >= 0.6 is 0 Å². The Kier molecular flexibility index (Phi) is 8.29. The number of methoxy groups -OCH3 is 2. The lowest BCUT2D eigenvalue weighted by atomic mass is 10.1. The van der Waals surface area contributed by atoms with E-state index in [1.165, 1.54) is 18.1 Å². The third kappa shape index (κ3) is 6.01. The van der Waals surface area contributed by atoms with Gasteiger partial charge in [0, 0.05) is 20.2 Å². The molecule has 160 valence electrons. The van der Waals surface area contributed by atoms with Crippen LogP contribution in [0.3, 0.4) is 0 Å². The zero-order valence-electron chi connectivity index (χ0n) is 17.9. The quantitative estimate of drug-likeness (QED) is 0.439. The highest BCUT2D eigenvalue weighted by molar-refractivity contribution is 6.08. The average Bonchev–Trinajstić information content (AvgIpc) is 2.76. The Morgan fingerprint density at radius 2 is 1.70 bits per heavy atom. The van der Waals surface area contributed by atoms with Crippen molar-refractivity contribution in [3.05, 3.63) is 53.6 Å². The molecule has 0 aliphatic carbocycles. The molecule has 7 nitrogen and oxygen atoms in total. The van der Waals surface area contributed by atoms with Crippen molar-refractivity contribution in [1.82, 2.24) is 4.90 Å². The van der Waals surface area contributed by atoms with E-state index in [4.69, 9.17) is 18.9 Å². The zero-order valence-corrected chi connectivity index (χ0v) is 17.9. The highest BCUT2D eigenvalue weighted by Crippen LogP contribution is 2.30. The van der Waals surface area contributed by atoms with Gasteiger partial charge < -0.3 is 23.8 Å². The molecule has 0 aliphatic rings. The number of ketones is 1. The molecule has 2 aromatic carbocycles. The number of ether oxygens (including phenoxy) is 4. The highest BCUT2D eigenvalue weighted by Gasteiger charge is 2.12. The summed E-state index contributed by atoms with van der Waals surface area (Å²) in [6.07, 6.45) is 3.15. The first-order valence-electron chi connectivity index (χ1n) is 9.43. The van der Waals surface area contributed by atoms with E-state index in [1.807, 2.05) is 6.92 Å². The van der Waals surface area contributed by atoms with Gasteiger partial charge in [0.2, 0.25) is 0 Å². The van der Waals surface area contributed by atoms with Gasteiger partial charge in [-0.25, -0.2) is 0 Å². The van der Waals surface area contributed by atoms with Gasteiger partial charge in [0.1, 0.15) is 11.5 Å². The predicted octanol–water partition coefficient (Wildman–Crippen LogP) is 3.47. The molecule has 0 N–H and O–H groups in total. The first-order valence-corrected chi connectivity index (χ1v) is 9.43. The predicted molar refractivity (Wildman–Crippen MR) is 115 cm³/mol. The van der Waals surface area contributed by atoms with Crippen molar-refractivity contribution >= 4 is 17.8 Å². The standard InChI is InChI=1S/C23H27NO6/c1-6-29-22-13-16(8-12-20(22)30-15-23(26)24(2)3)7-11-19(25)18-10-9-17(27-4)14-21(18)28-5/h7-14H,6,15H2,1-5H3/b11-7+. The average molecular weight is 413 g/mol. The number of hydrogen-bond donors (Lipinski definition) is 0. The molecule has 0 spiro atoms. The lowest BCUT2D eigenvalue weighted by Gasteiger charge is -2.14. The molecule has 0 saturated carbocycles. The molecule has 0 aliphatic heterocycles. The summed E-state index contributed by atoms with van der Waals surface area (Å²) in [6.45, 7) is 2.21. The Balaban J connectivity index is 2.19. The normalized spacial score (nSPS) is 10.6. The summed E-state index contributed by atoms with van der Waals surface area (Å²) in [5.41, 5.74) is 1.19. The maximum atomic E-state index is 12.6. The summed E-state index contributed by atoms with van der Waals surface area (Å²) in [5.74, 6) is 1.66. The number of likely N-dealkylation sites (N-methyl/N-ethyl adjacent to an activating group) is 1. The van der Waals surface area contributed by atoms with Crippen molar-refractivity contribution in [2.75, 3.05) is 41.5 Å². The van der Waals surface area contributed by atoms with Crippen LogP contribution in [0.2, 0.25) is 0 Å². The molecule has 0 fully saturated rings. The molecule has 2 aromatic rings. The molecular formula is C23H27NO6. The van der Waals surface area contributed by atoms with Gasteiger partial charge in [-0.05, 0) is 42.8 Å². The maximum absolute atomic E-state index is 12.6. The van der Waals surface area contributed by atoms with Gasteiger partial charge in [0.05, 0.1) is 26.4 Å². The molecule has 2 rings (SSSR count). The minimum atomic E-state index is -0.204. The summed E-state index contributed by atoms with van der Waals surface area (Å²) in [4.78, 5) is 25.8. The lowest BCUT2D eigenvalue weighted by molar-refractivity contribution is -0.130. The molecular weight excluding hydrogens is 386 g/mol. The van der Waals surface area contributed by atoms with Crippen molar-refractivity contribution in [2.24, 2.45) is 0 Å². The van der Waals surface area contributed by atoms with Crippen LogP contribution in [-0.4, -0.2) is 58.1 Å². The number of rotatable bonds is 10. The van der Waals surface area contributed by atoms with E-state index in [2.05, 4.69) is 0 Å². The molecule has 0 atom stereocenters. The molecule has 0 aromatic heterocycles. The van der Waals surface area contributed by atoms with E-state index in [0.29, 0.717) is 35.2 Å². The fraction of sp³-hybridized carbons (Fsp3) is 0.304. The largest absolute Gasteiger partial charge is 0.497 e. The molecule has 1 amide bonds. The molecule has 0 bridgehead atoms. The monoisotopic (exact) mass is 413 g/mol. The molecule has 0 unspecified atom stereocenters. The van der Waals surface area contributed by atoms with Crippen LogP contribution in [0.5, 0.6) is 23.0 Å². The fourth-order valence-corrected chi connectivity index (χ4v) is 2.55. The first kappa shape index (κ1) is 22.8. The summed E-state index contributed by atoms with van der Waals surface area (Å²) in [5, 5.41) is 0. The van der Waals surface area contributed by atoms with Crippen molar-refractivity contribution in [2.45, 2.75) is 6.92 Å². The van der Waals surface area contributed by atoms with Gasteiger partial charge in [0.25, 0.3) is 5.91 Å². The summed E-state index contributed by atoms with van der Waals surface area (Å²) >= 11 is 0. The first-order chi connectivity index (χ1) is 14.4. The number of allylic oxidation sites excluding steroid dienone is 1. The Morgan fingerprint density at radius 3 is 2.33 bits per heavy atom. The number of carbonyl (C=O) groups excluding carboxylic acids is 2. The van der Waals surface area contributed by atoms with Crippen LogP contribution in [0.25, 0.3) is 6.08 Å². The maximum Gasteiger partial charge on any atom is 0.259 e. The highest BCUT2D eigenvalue weighted by atomic mass is 16.5. The van der Waals surface area contributed by atoms with Crippen LogP contribution in [0, 0.1) is 0 Å². The second-order valence-corrected chi connectivity index (χ2v) is 6.48. The minimum absolute atomic E-state index is 0.0853. The Morgan fingerprint density at radius 1 is 0.933 bits per heavy atom. The van der Waals surface area contributed by atoms with E-state index in [-0.39, 0.29) is 18.3 Å². The van der Waals surface area contributed by atoms with E-state index in [1.54, 1.807) is 63.7 Å². The van der Waals surface area contributed by atoms with E-state index >= 15 is 0 Å². The number of amides is 1. The lowest BCUT2D eigenvalue weighted by Crippen LogP contribution is -2.27. The summed E-state index contributed by atoms with van der Waals surface area (Å²) < 4.78 is 21.6. The van der Waals surface area contributed by atoms with Crippen molar-refractivity contribution in [1.29, 1.82) is 0 Å². The van der Waals surface area contributed by atoms with Crippen LogP contribution in [0.15, 0.2) is 42.5 Å². The van der Waals surface area contributed by atoms with Gasteiger partial charge in [-0.15, -0.1) is 0 Å². The molecule has 0 radical (unpaired) electrons. The van der Waals surface area contributed by atoms with Gasteiger partial charge in [-0.2, -0.15) is 0 Å². The molecule has 0 heterocycles. The second-order valence-electron chi connectivity index (χ2n) is 6.48. The summed E-state index contributed by atoms with van der Waals surface area (Å²) in [7, 11) is 6.38. The van der Waals surface area contributed by atoms with Crippen LogP contribution in [0.4, 0.5) is 0 Å². The molecule has 0 saturated heterocycles. The third-order valence-corrected chi connectivity index (χ3v) is 4.22. The van der Waals surface area contributed by atoms with Crippen LogP contribution in [0.1, 0.15) is 22.8 Å². The zero-order chi connectivity index (χ0) is 22.1. The smallest absolute Gasteiger partial charge is 0.259 e. The van der Waals surface area contributed by atoms with Crippen molar-refractivity contribution in [3.63, 3.8) is 0 Å². The van der Waals surface area contributed by atoms with Gasteiger partial charge in [-0.3, -0.25) is 9.59 Å². The topological polar surface area (TPSA) is 74.3 Å². The van der Waals surface area contributed by atoms with Crippen LogP contribution in [-0.2, 0) is 4.79 Å². The minimum Gasteiger partial charge on any atom is -0.497 e. The molecule has 7 heteroatoms. The Labute approximate surface area is 176 Å². The number of carbonyl (C=O) groups is 2. The van der Waals surface area contributed by atoms with Crippen LogP contribution < -0.4 is 18.9 Å². The number of hydrogen-bond acceptors (Lipinski definition) is 6. The fourth-order valence-electron chi connectivity index (χ4n) is 2.55. The van der Waals surface area contributed by atoms with E-state index < -0.39 is 0 Å². The van der Waals surface area contributed by atoms with Crippen molar-refractivity contribution < 1.29 is 28.5 Å². The Bertz CT molecular complexity index is 920. The van der Waals surface area contributed by atoms with E-state index in [0.717, 1.165) is 5.56 Å². The van der Waals surface area contributed by atoms with Gasteiger partial charge in [-0.1, -0.05) is 12.1 Å². The Hall–Kier alpha value is -3.48. The second kappa shape index (κ2) is 10.9. The molecule has 30 heavy (non-hydrogen) atoms. The number of benzene rings is 2.